The maximum atomic E-state index is 11.0. The minimum atomic E-state index is -1.02. The number of hydrogen-bond acceptors (Lipinski definition) is 2. The van der Waals surface area contributed by atoms with E-state index in [0.29, 0.717) is 6.42 Å². The third-order valence-electron chi connectivity index (χ3n) is 2.69. The molecule has 0 aromatic heterocycles. The third kappa shape index (κ3) is 3.90. The number of benzene rings is 1. The number of rotatable bonds is 4. The summed E-state index contributed by atoms with van der Waals surface area (Å²) in [6, 6.07) is 4.93. The lowest BCUT2D eigenvalue weighted by molar-refractivity contribution is -0.141. The zero-order valence-corrected chi connectivity index (χ0v) is 10.3. The van der Waals surface area contributed by atoms with Crippen LogP contribution >= 0.6 is 0 Å². The highest BCUT2D eigenvalue weighted by Crippen LogP contribution is 2.11. The smallest absolute Gasteiger partial charge is 0.326 e. The van der Waals surface area contributed by atoms with Crippen LogP contribution in [0.3, 0.4) is 0 Å². The van der Waals surface area contributed by atoms with E-state index in [-0.39, 0.29) is 5.91 Å². The fraction of sp³-hybridized carbons (Fsp3) is 0.385. The minimum Gasteiger partial charge on any atom is -0.480 e. The van der Waals surface area contributed by atoms with E-state index >= 15 is 0 Å². The minimum absolute atomic E-state index is 0.302. The summed E-state index contributed by atoms with van der Waals surface area (Å²) < 4.78 is 0. The second-order valence-electron chi connectivity index (χ2n) is 4.21. The summed E-state index contributed by atoms with van der Waals surface area (Å²) in [6.45, 7) is 5.30. The number of hydrogen-bond donors (Lipinski definition) is 2. The van der Waals surface area contributed by atoms with Gasteiger partial charge in [-0.05, 0) is 30.5 Å². The van der Waals surface area contributed by atoms with Crippen molar-refractivity contribution in [2.24, 2.45) is 0 Å². The summed E-state index contributed by atoms with van der Waals surface area (Å²) in [5.41, 5.74) is 3.20. The fourth-order valence-electron chi connectivity index (χ4n) is 1.61. The summed E-state index contributed by atoms with van der Waals surface area (Å²) in [5.74, 6) is -1.35. The zero-order valence-electron chi connectivity index (χ0n) is 10.3. The number of aliphatic carboxylic acids is 1. The normalized spacial score (nSPS) is 11.9. The molecule has 0 spiro atoms. The van der Waals surface area contributed by atoms with E-state index in [1.54, 1.807) is 0 Å². The van der Waals surface area contributed by atoms with E-state index in [0.717, 1.165) is 11.1 Å². The van der Waals surface area contributed by atoms with E-state index in [2.05, 4.69) is 5.32 Å². The highest BCUT2D eigenvalue weighted by Gasteiger charge is 2.18. The molecule has 0 aliphatic rings. The van der Waals surface area contributed by atoms with Crippen molar-refractivity contribution in [3.05, 3.63) is 34.9 Å². The van der Waals surface area contributed by atoms with Crippen molar-refractivity contribution >= 4 is 11.9 Å². The van der Waals surface area contributed by atoms with Gasteiger partial charge in [-0.15, -0.1) is 0 Å². The lowest BCUT2D eigenvalue weighted by Crippen LogP contribution is -2.41. The van der Waals surface area contributed by atoms with Gasteiger partial charge in [-0.2, -0.15) is 0 Å². The Morgan fingerprint density at radius 3 is 2.41 bits per heavy atom. The van der Waals surface area contributed by atoms with E-state index in [1.807, 2.05) is 32.0 Å². The lowest BCUT2D eigenvalue weighted by atomic mass is 10.0. The summed E-state index contributed by atoms with van der Waals surface area (Å²) in [6.07, 6.45) is 0.302. The van der Waals surface area contributed by atoms with Gasteiger partial charge in [0.05, 0.1) is 0 Å². The van der Waals surface area contributed by atoms with Gasteiger partial charge in [0, 0.05) is 13.3 Å². The van der Waals surface area contributed by atoms with Crippen LogP contribution < -0.4 is 5.32 Å². The van der Waals surface area contributed by atoms with Crippen LogP contribution in [0.1, 0.15) is 23.6 Å². The Kier molecular flexibility index (Phi) is 4.26. The maximum absolute atomic E-state index is 11.0. The molecule has 0 radical (unpaired) electrons. The van der Waals surface area contributed by atoms with Gasteiger partial charge in [-0.1, -0.05) is 18.2 Å². The van der Waals surface area contributed by atoms with Crippen molar-refractivity contribution < 1.29 is 14.7 Å². The number of carboxylic acids is 1. The molecule has 4 nitrogen and oxygen atoms in total. The Bertz CT molecular complexity index is 440. The van der Waals surface area contributed by atoms with E-state index in [1.165, 1.54) is 12.5 Å². The summed E-state index contributed by atoms with van der Waals surface area (Å²) in [7, 11) is 0. The van der Waals surface area contributed by atoms with Crippen LogP contribution in [0.4, 0.5) is 0 Å². The van der Waals surface area contributed by atoms with Crippen LogP contribution in [-0.2, 0) is 16.0 Å². The first-order valence-corrected chi connectivity index (χ1v) is 5.46. The van der Waals surface area contributed by atoms with Gasteiger partial charge < -0.3 is 10.4 Å². The monoisotopic (exact) mass is 235 g/mol. The molecule has 2 N–H and O–H groups in total. The average molecular weight is 235 g/mol. The van der Waals surface area contributed by atoms with E-state index in [4.69, 9.17) is 5.11 Å². The van der Waals surface area contributed by atoms with Gasteiger partial charge in [-0.3, -0.25) is 4.79 Å². The predicted molar refractivity (Wildman–Crippen MR) is 64.9 cm³/mol. The molecule has 92 valence electrons. The summed E-state index contributed by atoms with van der Waals surface area (Å²) in [5, 5.41) is 11.4. The van der Waals surface area contributed by atoms with Crippen molar-refractivity contribution in [1.82, 2.24) is 5.32 Å². The Hall–Kier alpha value is -1.84. The molecule has 0 bridgehead atoms. The lowest BCUT2D eigenvalue weighted by Gasteiger charge is -2.14. The first kappa shape index (κ1) is 13.2. The zero-order chi connectivity index (χ0) is 13.0. The second kappa shape index (κ2) is 5.48. The molecule has 0 fully saturated rings. The van der Waals surface area contributed by atoms with Crippen LogP contribution in [0.2, 0.25) is 0 Å². The van der Waals surface area contributed by atoms with Gasteiger partial charge in [0.1, 0.15) is 6.04 Å². The first-order chi connectivity index (χ1) is 7.90. The molecule has 0 saturated carbocycles. The SMILES string of the molecule is CC(=O)N[C@H](Cc1ccc(C)c(C)c1)C(=O)O. The van der Waals surface area contributed by atoms with Crippen molar-refractivity contribution in [3.63, 3.8) is 0 Å². The average Bonchev–Trinajstić information content (AvgIpc) is 2.21. The summed E-state index contributed by atoms with van der Waals surface area (Å²) >= 11 is 0. The number of carboxylic acid groups (broad SMARTS) is 1. The molecule has 17 heavy (non-hydrogen) atoms. The van der Waals surface area contributed by atoms with Gasteiger partial charge in [0.2, 0.25) is 5.91 Å². The number of nitrogens with one attached hydrogen (secondary N) is 1. The molecule has 0 unspecified atom stereocenters. The molecular weight excluding hydrogens is 218 g/mol. The number of carbonyl (C=O) groups is 2. The fourth-order valence-corrected chi connectivity index (χ4v) is 1.61. The van der Waals surface area contributed by atoms with Gasteiger partial charge >= 0.3 is 5.97 Å². The standard InChI is InChI=1S/C13H17NO3/c1-8-4-5-11(6-9(8)2)7-12(13(16)17)14-10(3)15/h4-6,12H,7H2,1-3H3,(H,14,15)(H,16,17)/t12-/m1/s1. The van der Waals surface area contributed by atoms with Gasteiger partial charge in [0.25, 0.3) is 0 Å². The highest BCUT2D eigenvalue weighted by atomic mass is 16.4. The number of carbonyl (C=O) groups excluding carboxylic acids is 1. The number of amides is 1. The molecule has 0 aliphatic heterocycles. The highest BCUT2D eigenvalue weighted by molar-refractivity contribution is 5.82. The first-order valence-electron chi connectivity index (χ1n) is 5.46. The van der Waals surface area contributed by atoms with Crippen LogP contribution in [-0.4, -0.2) is 23.0 Å². The molecular formula is C13H17NO3. The largest absolute Gasteiger partial charge is 0.480 e. The van der Waals surface area contributed by atoms with Gasteiger partial charge in [0.15, 0.2) is 0 Å². The van der Waals surface area contributed by atoms with Crippen molar-refractivity contribution in [2.75, 3.05) is 0 Å². The predicted octanol–water partition coefficient (Wildman–Crippen LogP) is 1.44. The Morgan fingerprint density at radius 1 is 1.29 bits per heavy atom. The van der Waals surface area contributed by atoms with Crippen molar-refractivity contribution in [1.29, 1.82) is 0 Å². The molecule has 1 aromatic carbocycles. The topological polar surface area (TPSA) is 66.4 Å². The van der Waals surface area contributed by atoms with Crippen molar-refractivity contribution in [3.8, 4) is 0 Å². The number of aryl methyl sites for hydroxylation is 2. The van der Waals surface area contributed by atoms with Crippen LogP contribution in [0.25, 0.3) is 0 Å². The molecule has 1 atom stereocenters. The molecule has 0 saturated heterocycles. The molecule has 0 heterocycles. The second-order valence-corrected chi connectivity index (χ2v) is 4.21. The van der Waals surface area contributed by atoms with Crippen molar-refractivity contribution in [2.45, 2.75) is 33.2 Å². The van der Waals surface area contributed by atoms with Gasteiger partial charge in [-0.25, -0.2) is 4.79 Å². The Balaban J connectivity index is 2.82. The quantitative estimate of drug-likeness (QED) is 0.829. The van der Waals surface area contributed by atoms with E-state index < -0.39 is 12.0 Å². The summed E-state index contributed by atoms with van der Waals surface area (Å²) in [4.78, 5) is 21.9. The maximum Gasteiger partial charge on any atom is 0.326 e. The Morgan fingerprint density at radius 2 is 1.94 bits per heavy atom. The van der Waals surface area contributed by atoms with Crippen LogP contribution in [0, 0.1) is 13.8 Å². The van der Waals surface area contributed by atoms with Crippen LogP contribution in [0.15, 0.2) is 18.2 Å². The molecule has 1 amide bonds. The molecule has 4 heteroatoms. The molecule has 1 aromatic rings. The van der Waals surface area contributed by atoms with Crippen LogP contribution in [0.5, 0.6) is 0 Å². The Labute approximate surface area is 101 Å². The van der Waals surface area contributed by atoms with E-state index in [9.17, 15) is 9.59 Å². The molecule has 0 aliphatic carbocycles. The molecule has 1 rings (SSSR count). The third-order valence-corrected chi connectivity index (χ3v) is 2.69.